The number of amides is 1. The topological polar surface area (TPSA) is 63.2 Å². The summed E-state index contributed by atoms with van der Waals surface area (Å²) in [6, 6.07) is 7.86. The van der Waals surface area contributed by atoms with E-state index in [0.717, 1.165) is 69.3 Å². The van der Waals surface area contributed by atoms with Gasteiger partial charge in [-0.3, -0.25) is 9.79 Å². The molecular weight excluding hydrogens is 364 g/mol. The molecule has 29 heavy (non-hydrogen) atoms. The Bertz CT molecular complexity index is 660. The summed E-state index contributed by atoms with van der Waals surface area (Å²) in [7, 11) is 5.75. The molecule has 0 aliphatic carbocycles. The van der Waals surface area contributed by atoms with Crippen molar-refractivity contribution in [3.8, 4) is 0 Å². The van der Waals surface area contributed by atoms with Crippen LogP contribution in [0.15, 0.2) is 29.3 Å². The van der Waals surface area contributed by atoms with Gasteiger partial charge in [0.15, 0.2) is 5.96 Å². The fourth-order valence-corrected chi connectivity index (χ4v) is 3.41. The van der Waals surface area contributed by atoms with Gasteiger partial charge in [-0.2, -0.15) is 0 Å². The van der Waals surface area contributed by atoms with Crippen molar-refractivity contribution in [1.82, 2.24) is 25.3 Å². The molecule has 162 valence electrons. The van der Waals surface area contributed by atoms with Crippen LogP contribution < -0.4 is 10.6 Å². The van der Waals surface area contributed by atoms with Crippen molar-refractivity contribution in [3.63, 3.8) is 0 Å². The maximum Gasteiger partial charge on any atom is 0.253 e. The van der Waals surface area contributed by atoms with Gasteiger partial charge in [0.1, 0.15) is 0 Å². The molecule has 1 saturated heterocycles. The van der Waals surface area contributed by atoms with E-state index in [-0.39, 0.29) is 5.91 Å². The van der Waals surface area contributed by atoms with Gasteiger partial charge < -0.3 is 25.3 Å². The van der Waals surface area contributed by atoms with Crippen LogP contribution in [0.5, 0.6) is 0 Å². The number of aliphatic imine (C=N–C) groups is 1. The maximum absolute atomic E-state index is 12.1. The number of hydrogen-bond acceptors (Lipinski definition) is 4. The number of rotatable bonds is 8. The lowest BCUT2D eigenvalue weighted by Crippen LogP contribution is -2.39. The van der Waals surface area contributed by atoms with Crippen LogP contribution in [-0.2, 0) is 6.42 Å². The minimum Gasteiger partial charge on any atom is -0.357 e. The number of hydrogen-bond donors (Lipinski definition) is 2. The van der Waals surface area contributed by atoms with E-state index in [4.69, 9.17) is 4.99 Å². The number of nitrogens with one attached hydrogen (secondary N) is 2. The third-order valence-corrected chi connectivity index (χ3v) is 5.13. The minimum absolute atomic E-state index is 0.0365. The average molecular weight is 403 g/mol. The van der Waals surface area contributed by atoms with E-state index in [2.05, 4.69) is 40.5 Å². The molecule has 0 spiro atoms. The number of likely N-dealkylation sites (N-methyl/N-ethyl adjacent to an activating group) is 1. The van der Waals surface area contributed by atoms with Crippen molar-refractivity contribution >= 4 is 11.9 Å². The number of nitrogens with zero attached hydrogens (tertiary/aromatic N) is 4. The Morgan fingerprint density at radius 2 is 2.00 bits per heavy atom. The summed E-state index contributed by atoms with van der Waals surface area (Å²) in [6.07, 6.45) is 2.07. The monoisotopic (exact) mass is 402 g/mol. The maximum atomic E-state index is 12.1. The summed E-state index contributed by atoms with van der Waals surface area (Å²) in [5.74, 6) is 0.898. The van der Waals surface area contributed by atoms with Crippen molar-refractivity contribution in [2.24, 2.45) is 4.99 Å². The Kier molecular flexibility index (Phi) is 9.94. The van der Waals surface area contributed by atoms with Crippen molar-refractivity contribution in [1.29, 1.82) is 0 Å². The average Bonchev–Trinajstić information content (AvgIpc) is 2.91. The summed E-state index contributed by atoms with van der Waals surface area (Å²) in [4.78, 5) is 23.4. The molecule has 1 amide bonds. The highest BCUT2D eigenvalue weighted by Crippen LogP contribution is 2.07. The molecule has 2 rings (SSSR count). The van der Waals surface area contributed by atoms with E-state index >= 15 is 0 Å². The van der Waals surface area contributed by atoms with E-state index < -0.39 is 0 Å². The Balaban J connectivity index is 1.80. The molecule has 1 aromatic carbocycles. The fourth-order valence-electron chi connectivity index (χ4n) is 3.41. The van der Waals surface area contributed by atoms with Gasteiger partial charge in [-0.1, -0.05) is 12.1 Å². The predicted molar refractivity (Wildman–Crippen MR) is 121 cm³/mol. The highest BCUT2D eigenvalue weighted by Gasteiger charge is 2.11. The number of guanidine groups is 1. The normalized spacial score (nSPS) is 16.3. The quantitative estimate of drug-likeness (QED) is 0.504. The summed E-state index contributed by atoms with van der Waals surface area (Å²) < 4.78 is 0. The van der Waals surface area contributed by atoms with Gasteiger partial charge in [0.25, 0.3) is 5.91 Å². The first-order valence-corrected chi connectivity index (χ1v) is 10.7. The molecule has 0 atom stereocenters. The van der Waals surface area contributed by atoms with Crippen LogP contribution in [-0.4, -0.2) is 100 Å². The summed E-state index contributed by atoms with van der Waals surface area (Å²) in [6.45, 7) is 10.1. The van der Waals surface area contributed by atoms with Gasteiger partial charge in [-0.15, -0.1) is 0 Å². The van der Waals surface area contributed by atoms with Crippen molar-refractivity contribution in [3.05, 3.63) is 35.4 Å². The standard InChI is InChI=1S/C22H38N6O/c1-5-23-22(25-12-15-28-14-7-13-27(4)16-17-28)24-11-10-19-8-6-9-20(18-19)21(29)26(2)3/h6,8-9,18H,5,7,10-17H2,1-4H3,(H2,23,24,25). The first-order valence-electron chi connectivity index (χ1n) is 10.7. The largest absolute Gasteiger partial charge is 0.357 e. The van der Waals surface area contributed by atoms with Gasteiger partial charge in [-0.25, -0.2) is 0 Å². The second-order valence-corrected chi connectivity index (χ2v) is 7.84. The molecule has 0 unspecified atom stereocenters. The SMILES string of the molecule is CCNC(=NCCN1CCCN(C)CC1)NCCc1cccc(C(=O)N(C)C)c1. The van der Waals surface area contributed by atoms with Crippen LogP contribution >= 0.6 is 0 Å². The highest BCUT2D eigenvalue weighted by molar-refractivity contribution is 5.94. The molecule has 0 bridgehead atoms. The summed E-state index contributed by atoms with van der Waals surface area (Å²) >= 11 is 0. The molecular formula is C22H38N6O. The zero-order valence-corrected chi connectivity index (χ0v) is 18.6. The molecule has 7 heteroatoms. The fraction of sp³-hybridized carbons (Fsp3) is 0.636. The number of carbonyl (C=O) groups is 1. The van der Waals surface area contributed by atoms with E-state index in [0.29, 0.717) is 0 Å². The lowest BCUT2D eigenvalue weighted by atomic mass is 10.1. The molecule has 0 aromatic heterocycles. The molecule has 1 aliphatic rings. The van der Waals surface area contributed by atoms with Crippen LogP contribution in [0.1, 0.15) is 29.3 Å². The van der Waals surface area contributed by atoms with Crippen molar-refractivity contribution < 1.29 is 4.79 Å². The van der Waals surface area contributed by atoms with Crippen LogP contribution in [0.25, 0.3) is 0 Å². The van der Waals surface area contributed by atoms with Crippen LogP contribution in [0.4, 0.5) is 0 Å². The smallest absolute Gasteiger partial charge is 0.253 e. The molecule has 1 heterocycles. The minimum atomic E-state index is 0.0365. The van der Waals surface area contributed by atoms with Gasteiger partial charge >= 0.3 is 0 Å². The highest BCUT2D eigenvalue weighted by atomic mass is 16.2. The summed E-state index contributed by atoms with van der Waals surface area (Å²) in [5, 5.41) is 6.74. The first-order chi connectivity index (χ1) is 14.0. The molecule has 1 aromatic rings. The first kappa shape index (κ1) is 23.2. The summed E-state index contributed by atoms with van der Waals surface area (Å²) in [5.41, 5.74) is 1.88. The Morgan fingerprint density at radius 3 is 2.76 bits per heavy atom. The Hall–Kier alpha value is -2.12. The van der Waals surface area contributed by atoms with Gasteiger partial charge in [0.05, 0.1) is 6.54 Å². The zero-order valence-electron chi connectivity index (χ0n) is 18.6. The van der Waals surface area contributed by atoms with Gasteiger partial charge in [-0.05, 0) is 57.6 Å². The van der Waals surface area contributed by atoms with Gasteiger partial charge in [0.2, 0.25) is 0 Å². The van der Waals surface area contributed by atoms with Crippen LogP contribution in [0.3, 0.4) is 0 Å². The molecule has 0 saturated carbocycles. The van der Waals surface area contributed by atoms with Gasteiger partial charge in [0, 0.05) is 52.4 Å². The Labute approximate surface area is 176 Å². The predicted octanol–water partition coefficient (Wildman–Crippen LogP) is 1.12. The Morgan fingerprint density at radius 1 is 1.17 bits per heavy atom. The third-order valence-electron chi connectivity index (χ3n) is 5.13. The molecule has 1 fully saturated rings. The molecule has 1 aliphatic heterocycles. The number of benzene rings is 1. The lowest BCUT2D eigenvalue weighted by molar-refractivity contribution is 0.0827. The van der Waals surface area contributed by atoms with Crippen molar-refractivity contribution in [2.75, 3.05) is 73.5 Å². The van der Waals surface area contributed by atoms with E-state index in [9.17, 15) is 4.79 Å². The molecule has 2 N–H and O–H groups in total. The van der Waals surface area contributed by atoms with Crippen molar-refractivity contribution in [2.45, 2.75) is 19.8 Å². The molecule has 7 nitrogen and oxygen atoms in total. The van der Waals surface area contributed by atoms with Crippen LogP contribution in [0, 0.1) is 0 Å². The lowest BCUT2D eigenvalue weighted by Gasteiger charge is -2.19. The second kappa shape index (κ2) is 12.4. The van der Waals surface area contributed by atoms with Crippen LogP contribution in [0.2, 0.25) is 0 Å². The van der Waals surface area contributed by atoms with E-state index in [1.54, 1.807) is 19.0 Å². The number of carbonyl (C=O) groups excluding carboxylic acids is 1. The second-order valence-electron chi connectivity index (χ2n) is 7.84. The third kappa shape index (κ3) is 8.41. The van der Waals surface area contributed by atoms with E-state index in [1.165, 1.54) is 13.0 Å². The molecule has 0 radical (unpaired) electrons. The zero-order chi connectivity index (χ0) is 21.1. The van der Waals surface area contributed by atoms with E-state index in [1.807, 2.05) is 18.2 Å².